The van der Waals surface area contributed by atoms with Crippen molar-refractivity contribution in [2.75, 3.05) is 19.0 Å². The number of rotatable bonds is 7. The SMILES string of the molecule is COC(=O)c1cccc(Cn2cc(/C=C3\SC(=O)N(CC(=O)Nc4ccccc4C)C3=O)c3ccccc32)c1. The molecule has 0 spiro atoms. The summed E-state index contributed by atoms with van der Waals surface area (Å²) in [5.41, 5.74) is 4.59. The number of nitrogens with one attached hydrogen (secondary N) is 1. The summed E-state index contributed by atoms with van der Waals surface area (Å²) in [5, 5.41) is 3.18. The van der Waals surface area contributed by atoms with E-state index in [0.717, 1.165) is 44.3 Å². The van der Waals surface area contributed by atoms with Gasteiger partial charge in [-0.2, -0.15) is 0 Å². The van der Waals surface area contributed by atoms with Crippen molar-refractivity contribution in [2.24, 2.45) is 0 Å². The molecule has 0 bridgehead atoms. The molecule has 3 amide bonds. The highest BCUT2D eigenvalue weighted by molar-refractivity contribution is 8.18. The van der Waals surface area contributed by atoms with Gasteiger partial charge in [-0.05, 0) is 60.2 Å². The fraction of sp³-hybridized carbons (Fsp3) is 0.133. The normalized spacial score (nSPS) is 14.3. The van der Waals surface area contributed by atoms with E-state index in [9.17, 15) is 19.2 Å². The number of amides is 3. The summed E-state index contributed by atoms with van der Waals surface area (Å²) in [4.78, 5) is 51.6. The number of aromatic nitrogens is 1. The van der Waals surface area contributed by atoms with Gasteiger partial charge in [0.15, 0.2) is 0 Å². The van der Waals surface area contributed by atoms with Crippen molar-refractivity contribution in [3.63, 3.8) is 0 Å². The third-order valence-electron chi connectivity index (χ3n) is 6.40. The molecule has 0 unspecified atom stereocenters. The number of nitrogens with zero attached hydrogens (tertiary/aromatic N) is 2. The average Bonchev–Trinajstić information content (AvgIpc) is 3.41. The summed E-state index contributed by atoms with van der Waals surface area (Å²) in [5.74, 6) is -1.36. The Balaban J connectivity index is 1.38. The quantitative estimate of drug-likeness (QED) is 0.247. The number of carbonyl (C=O) groups is 4. The molecule has 1 aliphatic rings. The van der Waals surface area contributed by atoms with Crippen LogP contribution in [0.1, 0.15) is 27.0 Å². The van der Waals surface area contributed by atoms with Crippen LogP contribution in [0.2, 0.25) is 0 Å². The lowest BCUT2D eigenvalue weighted by molar-refractivity contribution is -0.127. The van der Waals surface area contributed by atoms with Crippen LogP contribution in [0.25, 0.3) is 17.0 Å². The topological polar surface area (TPSA) is 97.7 Å². The largest absolute Gasteiger partial charge is 0.465 e. The van der Waals surface area contributed by atoms with Crippen LogP contribution in [-0.4, -0.2) is 46.1 Å². The molecule has 0 atom stereocenters. The Morgan fingerprint density at radius 1 is 1.00 bits per heavy atom. The predicted molar refractivity (Wildman–Crippen MR) is 151 cm³/mol. The molecule has 4 aromatic rings. The third-order valence-corrected chi connectivity index (χ3v) is 7.31. The van der Waals surface area contributed by atoms with Gasteiger partial charge in [-0.3, -0.25) is 19.3 Å². The minimum Gasteiger partial charge on any atom is -0.465 e. The molecule has 1 saturated heterocycles. The Hall–Kier alpha value is -4.63. The van der Waals surface area contributed by atoms with Gasteiger partial charge in [-0.1, -0.05) is 48.5 Å². The highest BCUT2D eigenvalue weighted by atomic mass is 32.2. The van der Waals surface area contributed by atoms with E-state index in [2.05, 4.69) is 5.32 Å². The molecular formula is C30H25N3O5S. The van der Waals surface area contributed by atoms with Crippen LogP contribution >= 0.6 is 11.8 Å². The Morgan fingerprint density at radius 3 is 2.56 bits per heavy atom. The maximum absolute atomic E-state index is 13.1. The zero-order valence-corrected chi connectivity index (χ0v) is 22.2. The first kappa shape index (κ1) is 26.0. The first-order valence-corrected chi connectivity index (χ1v) is 13.0. The van der Waals surface area contributed by atoms with Gasteiger partial charge >= 0.3 is 5.97 Å². The lowest BCUT2D eigenvalue weighted by Gasteiger charge is -2.13. The van der Waals surface area contributed by atoms with Crippen molar-refractivity contribution in [1.82, 2.24) is 9.47 Å². The van der Waals surface area contributed by atoms with Crippen LogP contribution in [0.15, 0.2) is 83.9 Å². The van der Waals surface area contributed by atoms with Crippen LogP contribution in [0.4, 0.5) is 10.5 Å². The van der Waals surface area contributed by atoms with Gasteiger partial charge in [-0.25, -0.2) is 4.79 Å². The fourth-order valence-electron chi connectivity index (χ4n) is 4.46. The molecule has 2 heterocycles. The number of fused-ring (bicyclic) bond motifs is 1. The zero-order valence-electron chi connectivity index (χ0n) is 21.3. The predicted octanol–water partition coefficient (Wildman–Crippen LogP) is 5.46. The number of esters is 1. The van der Waals surface area contributed by atoms with Gasteiger partial charge in [0.05, 0.1) is 17.6 Å². The molecule has 1 N–H and O–H groups in total. The number of aryl methyl sites for hydroxylation is 1. The summed E-state index contributed by atoms with van der Waals surface area (Å²) in [6.45, 7) is 1.99. The van der Waals surface area contributed by atoms with E-state index < -0.39 is 23.0 Å². The van der Waals surface area contributed by atoms with Gasteiger partial charge in [-0.15, -0.1) is 0 Å². The van der Waals surface area contributed by atoms with Crippen molar-refractivity contribution in [2.45, 2.75) is 13.5 Å². The van der Waals surface area contributed by atoms with Gasteiger partial charge in [0.25, 0.3) is 11.1 Å². The minimum absolute atomic E-state index is 0.249. The number of hydrogen-bond acceptors (Lipinski definition) is 6. The van der Waals surface area contributed by atoms with E-state index in [4.69, 9.17) is 4.74 Å². The molecule has 3 aromatic carbocycles. The molecule has 8 nitrogen and oxygen atoms in total. The van der Waals surface area contributed by atoms with E-state index in [1.807, 2.05) is 60.2 Å². The fourth-order valence-corrected chi connectivity index (χ4v) is 5.29. The first-order valence-electron chi connectivity index (χ1n) is 12.2. The molecule has 0 aliphatic carbocycles. The van der Waals surface area contributed by atoms with Gasteiger partial charge in [0.1, 0.15) is 6.54 Å². The van der Waals surface area contributed by atoms with E-state index in [-0.39, 0.29) is 11.4 Å². The molecule has 1 fully saturated rings. The minimum atomic E-state index is -0.507. The van der Waals surface area contributed by atoms with Crippen molar-refractivity contribution in [1.29, 1.82) is 0 Å². The van der Waals surface area contributed by atoms with Crippen molar-refractivity contribution >= 4 is 57.5 Å². The number of anilines is 1. The second kappa shape index (κ2) is 11.0. The number of para-hydroxylation sites is 2. The first-order chi connectivity index (χ1) is 18.8. The van der Waals surface area contributed by atoms with Gasteiger partial charge < -0.3 is 14.6 Å². The van der Waals surface area contributed by atoms with Crippen LogP contribution < -0.4 is 5.32 Å². The van der Waals surface area contributed by atoms with Crippen LogP contribution in [0.5, 0.6) is 0 Å². The van der Waals surface area contributed by atoms with Crippen LogP contribution in [-0.2, 0) is 20.9 Å². The van der Waals surface area contributed by atoms with Crippen molar-refractivity contribution in [3.8, 4) is 0 Å². The number of thioether (sulfide) groups is 1. The molecule has 0 saturated carbocycles. The van der Waals surface area contributed by atoms with Crippen molar-refractivity contribution < 1.29 is 23.9 Å². The maximum atomic E-state index is 13.1. The Bertz CT molecular complexity index is 1660. The maximum Gasteiger partial charge on any atom is 0.337 e. The Labute approximate surface area is 229 Å². The number of imide groups is 1. The zero-order chi connectivity index (χ0) is 27.5. The number of ether oxygens (including phenoxy) is 1. The number of benzene rings is 3. The van der Waals surface area contributed by atoms with Crippen LogP contribution in [0.3, 0.4) is 0 Å². The summed E-state index contributed by atoms with van der Waals surface area (Å²) in [6.07, 6.45) is 3.60. The number of hydrogen-bond donors (Lipinski definition) is 1. The lowest BCUT2D eigenvalue weighted by Crippen LogP contribution is -2.36. The standard InChI is InChI=1S/C30H25N3O5S/c1-19-8-3-5-12-24(19)31-27(34)18-33-28(35)26(39-30(33)37)15-22-17-32(25-13-6-4-11-23(22)25)16-20-9-7-10-21(14-20)29(36)38-2/h3-15,17H,16,18H2,1-2H3,(H,31,34)/b26-15-. The molecular weight excluding hydrogens is 514 g/mol. The average molecular weight is 540 g/mol. The lowest BCUT2D eigenvalue weighted by atomic mass is 10.1. The molecule has 0 radical (unpaired) electrons. The Kier molecular flexibility index (Phi) is 7.33. The molecule has 5 rings (SSSR count). The van der Waals surface area contributed by atoms with Crippen LogP contribution in [0, 0.1) is 6.92 Å². The molecule has 196 valence electrons. The number of carbonyl (C=O) groups excluding carboxylic acids is 4. The van der Waals surface area contributed by atoms with E-state index in [1.165, 1.54) is 7.11 Å². The second-order valence-corrected chi connectivity index (χ2v) is 10.0. The summed E-state index contributed by atoms with van der Waals surface area (Å²) in [6, 6.07) is 22.3. The second-order valence-electron chi connectivity index (χ2n) is 9.05. The highest BCUT2D eigenvalue weighted by Gasteiger charge is 2.36. The molecule has 1 aromatic heterocycles. The van der Waals surface area contributed by atoms with Crippen molar-refractivity contribution in [3.05, 3.63) is 106 Å². The highest BCUT2D eigenvalue weighted by Crippen LogP contribution is 2.34. The molecule has 39 heavy (non-hydrogen) atoms. The van der Waals surface area contributed by atoms with E-state index >= 15 is 0 Å². The van der Waals surface area contributed by atoms with E-state index in [1.54, 1.807) is 36.4 Å². The smallest absolute Gasteiger partial charge is 0.337 e. The Morgan fingerprint density at radius 2 is 1.77 bits per heavy atom. The summed E-state index contributed by atoms with van der Waals surface area (Å²) >= 11 is 0.815. The summed E-state index contributed by atoms with van der Waals surface area (Å²) < 4.78 is 6.86. The third kappa shape index (κ3) is 5.49. The van der Waals surface area contributed by atoms with E-state index in [0.29, 0.717) is 17.8 Å². The molecule has 9 heteroatoms. The summed E-state index contributed by atoms with van der Waals surface area (Å²) in [7, 11) is 1.35. The van der Waals surface area contributed by atoms with Gasteiger partial charge in [0, 0.05) is 34.9 Å². The number of methoxy groups -OCH3 is 1. The monoisotopic (exact) mass is 539 g/mol. The van der Waals surface area contributed by atoms with Gasteiger partial charge in [0.2, 0.25) is 5.91 Å². The molecule has 1 aliphatic heterocycles.